The number of unbranched alkanes of at least 4 members (excludes halogenated alkanes) is 1. The molecule has 408 valence electrons. The molecule has 4 aliphatic rings. The predicted octanol–water partition coefficient (Wildman–Crippen LogP) is 6.67. The highest BCUT2D eigenvalue weighted by Crippen LogP contribution is 2.49. The van der Waals surface area contributed by atoms with Crippen LogP contribution in [0.4, 0.5) is 11.4 Å². The van der Waals surface area contributed by atoms with Gasteiger partial charge in [-0.25, -0.2) is 0 Å². The Morgan fingerprint density at radius 1 is 0.684 bits per heavy atom. The van der Waals surface area contributed by atoms with Crippen LogP contribution in [0.2, 0.25) is 0 Å². The number of hydrogen-bond donors (Lipinski definition) is 5. The predicted molar refractivity (Wildman–Crippen MR) is 287 cm³/mol. The van der Waals surface area contributed by atoms with Gasteiger partial charge in [-0.2, -0.15) is 38.2 Å². The molecule has 0 aromatic heterocycles. The summed E-state index contributed by atoms with van der Waals surface area (Å²) in [5.74, 6) is -2.05. The first kappa shape index (κ1) is 57.8. The highest BCUT2D eigenvalue weighted by Gasteiger charge is 2.45. The molecule has 0 saturated carbocycles. The molecular weight excluding hydrogens is 1060 g/mol. The standard InChI is InChI=1S/C53H62N4O15S4/c1-52(2)42-34-40(75(67,68)69)20-22-44(42)55(29-8-32-73(61,62)63)46(52)24-18-37-11-7-12-38(19-25-47-53(3,4)43-35-41(76(70,71)72)21-23-45(43)56(47)30-9-33-74(64,65)66)51(37)39-16-14-36(15-17-39)10-5-6-13-48(58)54-28-31-57-49(59)26-27-50(57)60/h14-27,34-35H,5-13,28-33H2,1-4H3,(H4-,54,58,61,62,63,64,65,66,67,68,69,70,71,72)/p+1. The third-order valence-corrected chi connectivity index (χ3v) is 17.5. The molecule has 0 atom stereocenters. The van der Waals surface area contributed by atoms with Crippen molar-refractivity contribution in [3.05, 3.63) is 136 Å². The van der Waals surface area contributed by atoms with Crippen LogP contribution < -0.4 is 10.2 Å². The second-order valence-electron chi connectivity index (χ2n) is 20.3. The van der Waals surface area contributed by atoms with Crippen molar-refractivity contribution in [2.24, 2.45) is 0 Å². The van der Waals surface area contributed by atoms with Gasteiger partial charge >= 0.3 is 0 Å². The number of imide groups is 1. The Hall–Kier alpha value is -5.92. The summed E-state index contributed by atoms with van der Waals surface area (Å²) in [6, 6.07) is 16.5. The zero-order valence-electron chi connectivity index (χ0n) is 42.6. The molecule has 19 nitrogen and oxygen atoms in total. The van der Waals surface area contributed by atoms with E-state index in [4.69, 9.17) is 0 Å². The second kappa shape index (κ2) is 22.6. The fraction of sp³-hybridized carbons (Fsp3) is 0.396. The van der Waals surface area contributed by atoms with Gasteiger partial charge < -0.3 is 10.2 Å². The van der Waals surface area contributed by atoms with Crippen molar-refractivity contribution >= 4 is 80.9 Å². The number of rotatable bonds is 22. The van der Waals surface area contributed by atoms with Gasteiger partial charge in [-0.15, -0.1) is 0 Å². The minimum atomic E-state index is -4.58. The first-order valence-corrected chi connectivity index (χ1v) is 30.8. The molecule has 0 radical (unpaired) electrons. The molecule has 0 saturated heterocycles. The van der Waals surface area contributed by atoms with Crippen molar-refractivity contribution in [2.75, 3.05) is 42.6 Å². The van der Waals surface area contributed by atoms with Gasteiger partial charge in [0.15, 0.2) is 5.71 Å². The van der Waals surface area contributed by atoms with E-state index in [-0.39, 0.29) is 61.1 Å². The van der Waals surface area contributed by atoms with Crippen LogP contribution in [0.3, 0.4) is 0 Å². The lowest BCUT2D eigenvalue weighted by Gasteiger charge is -2.27. The summed E-state index contributed by atoms with van der Waals surface area (Å²) < 4.78 is 138. The molecule has 3 aromatic rings. The molecule has 3 amide bonds. The van der Waals surface area contributed by atoms with Gasteiger partial charge in [-0.3, -0.25) is 37.5 Å². The smallest absolute Gasteiger partial charge is 0.294 e. The number of nitrogens with zero attached hydrogens (tertiary/aromatic N) is 3. The van der Waals surface area contributed by atoms with Crippen LogP contribution in [0.25, 0.3) is 5.57 Å². The van der Waals surface area contributed by atoms with Crippen LogP contribution in [0.1, 0.15) is 101 Å². The molecule has 0 unspecified atom stereocenters. The number of aryl methyl sites for hydroxylation is 1. The van der Waals surface area contributed by atoms with E-state index >= 15 is 0 Å². The summed E-state index contributed by atoms with van der Waals surface area (Å²) >= 11 is 0. The Bertz CT molecular complexity index is 3480. The van der Waals surface area contributed by atoms with Crippen molar-refractivity contribution in [3.63, 3.8) is 0 Å². The third kappa shape index (κ3) is 13.6. The molecule has 76 heavy (non-hydrogen) atoms. The molecule has 3 heterocycles. The van der Waals surface area contributed by atoms with E-state index < -0.39 is 74.6 Å². The Morgan fingerprint density at radius 3 is 1.93 bits per heavy atom. The lowest BCUT2D eigenvalue weighted by atomic mass is 9.79. The summed E-state index contributed by atoms with van der Waals surface area (Å²) in [6.07, 6.45) is 14.4. The van der Waals surface area contributed by atoms with Crippen LogP contribution in [0.5, 0.6) is 0 Å². The Kier molecular flexibility index (Phi) is 17.2. The minimum Gasteiger partial charge on any atom is -0.354 e. The van der Waals surface area contributed by atoms with Crippen LogP contribution in [-0.4, -0.2) is 122 Å². The lowest BCUT2D eigenvalue weighted by Crippen LogP contribution is -2.38. The second-order valence-corrected chi connectivity index (χ2v) is 26.3. The highest BCUT2D eigenvalue weighted by atomic mass is 32.2. The van der Waals surface area contributed by atoms with E-state index in [9.17, 15) is 66.3 Å². The monoisotopic (exact) mass is 1120 g/mol. The van der Waals surface area contributed by atoms with Crippen LogP contribution in [-0.2, 0) is 72.1 Å². The molecule has 7 rings (SSSR count). The van der Waals surface area contributed by atoms with Gasteiger partial charge in [-0.05, 0) is 129 Å². The van der Waals surface area contributed by atoms with E-state index in [1.165, 1.54) is 36.4 Å². The van der Waals surface area contributed by atoms with E-state index in [1.807, 2.05) is 85.7 Å². The number of hydrogen-bond acceptors (Lipinski definition) is 12. The quantitative estimate of drug-likeness (QED) is 0.0304. The molecule has 5 N–H and O–H groups in total. The van der Waals surface area contributed by atoms with Gasteiger partial charge in [0.2, 0.25) is 11.6 Å². The number of anilines is 1. The van der Waals surface area contributed by atoms with Gasteiger partial charge in [0.25, 0.3) is 52.3 Å². The van der Waals surface area contributed by atoms with Crippen molar-refractivity contribution in [2.45, 2.75) is 106 Å². The maximum Gasteiger partial charge on any atom is 0.294 e. The van der Waals surface area contributed by atoms with Crippen LogP contribution in [0.15, 0.2) is 124 Å². The molecule has 1 aliphatic carbocycles. The zero-order valence-corrected chi connectivity index (χ0v) is 45.9. The number of fused-ring (bicyclic) bond motifs is 2. The minimum absolute atomic E-state index is 0.0360. The number of carbonyl (C=O) groups is 3. The molecule has 0 fully saturated rings. The number of allylic oxidation sites excluding steroid dienone is 8. The summed E-state index contributed by atoms with van der Waals surface area (Å²) in [5.41, 5.74) is 6.66. The summed E-state index contributed by atoms with van der Waals surface area (Å²) in [5, 5.41) is 2.76. The van der Waals surface area contributed by atoms with E-state index in [1.54, 1.807) is 12.1 Å². The first-order valence-electron chi connectivity index (χ1n) is 24.7. The maximum atomic E-state index is 12.6. The Balaban J connectivity index is 1.25. The molecule has 0 spiro atoms. The zero-order chi connectivity index (χ0) is 55.6. The third-order valence-electron chi connectivity index (χ3n) is 14.2. The van der Waals surface area contributed by atoms with E-state index in [0.717, 1.165) is 32.7 Å². The topological polar surface area (TPSA) is 290 Å². The van der Waals surface area contributed by atoms with Crippen molar-refractivity contribution in [3.8, 4) is 0 Å². The van der Waals surface area contributed by atoms with Gasteiger partial charge in [0.1, 0.15) is 6.54 Å². The number of carbonyl (C=O) groups excluding carboxylic acids is 3. The SMILES string of the molecule is CC1(C)C(/C=C/C2=C(c3ccc(CCCCC(=O)NCCN4C(=O)C=CC4=O)cc3)C(=C/C=C3/N(CCCS(=O)(=O)O)c4ccc(S(=O)(=O)O)cc4C3(C)C)/CCC2)=[N+](CCCS(=O)(=O)O)c2ccc(S(=O)(=O)O)cc21. The Morgan fingerprint density at radius 2 is 1.30 bits per heavy atom. The summed E-state index contributed by atoms with van der Waals surface area (Å²) in [4.78, 5) is 38.5. The Labute approximate surface area is 444 Å². The number of benzene rings is 3. The van der Waals surface area contributed by atoms with Gasteiger partial charge in [0, 0.05) is 79.1 Å². The largest absolute Gasteiger partial charge is 0.354 e. The van der Waals surface area contributed by atoms with Crippen LogP contribution >= 0.6 is 0 Å². The maximum absolute atomic E-state index is 12.6. The molecule has 0 bridgehead atoms. The summed E-state index contributed by atoms with van der Waals surface area (Å²) in [7, 11) is -17.8. The average molecular weight is 1120 g/mol. The van der Waals surface area contributed by atoms with Crippen molar-refractivity contribution in [1.29, 1.82) is 0 Å². The number of nitrogens with one attached hydrogen (secondary N) is 1. The molecule has 23 heteroatoms. The van der Waals surface area contributed by atoms with Crippen LogP contribution in [0, 0.1) is 0 Å². The fourth-order valence-electron chi connectivity index (χ4n) is 10.4. The van der Waals surface area contributed by atoms with Gasteiger partial charge in [0.05, 0.1) is 26.7 Å². The van der Waals surface area contributed by atoms with E-state index in [2.05, 4.69) is 5.32 Å². The number of amides is 3. The first-order chi connectivity index (χ1) is 35.5. The fourth-order valence-corrected chi connectivity index (χ4v) is 12.4. The highest BCUT2D eigenvalue weighted by molar-refractivity contribution is 7.86. The summed E-state index contributed by atoms with van der Waals surface area (Å²) in [6.45, 7) is 8.08. The molecule has 3 aliphatic heterocycles. The van der Waals surface area contributed by atoms with Crippen molar-refractivity contribution < 1.29 is 70.8 Å². The van der Waals surface area contributed by atoms with E-state index in [0.29, 0.717) is 72.4 Å². The lowest BCUT2D eigenvalue weighted by molar-refractivity contribution is -0.437. The normalized spacial score (nSPS) is 18.7. The molecule has 3 aromatic carbocycles. The average Bonchev–Trinajstić information content (AvgIpc) is 3.84. The van der Waals surface area contributed by atoms with Crippen molar-refractivity contribution in [1.82, 2.24) is 10.2 Å². The molecular formula is C53H63N4O15S4+. The van der Waals surface area contributed by atoms with Gasteiger partial charge in [-0.1, -0.05) is 50.3 Å².